The first-order valence-electron chi connectivity index (χ1n) is 10.0. The zero-order valence-electron chi connectivity index (χ0n) is 16.4. The molecule has 3 N–H and O–H groups in total. The van der Waals surface area contributed by atoms with Crippen molar-refractivity contribution >= 4 is 11.9 Å². The van der Waals surface area contributed by atoms with Gasteiger partial charge in [-0.3, -0.25) is 9.59 Å². The molecule has 152 valence electrons. The molecule has 1 atom stereocenters. The van der Waals surface area contributed by atoms with E-state index >= 15 is 0 Å². The smallest absolute Gasteiger partial charge is 0.306 e. The molecule has 0 bridgehead atoms. The van der Waals surface area contributed by atoms with Crippen LogP contribution in [0.5, 0.6) is 0 Å². The Hall–Kier alpha value is -1.88. The van der Waals surface area contributed by atoms with Crippen molar-refractivity contribution < 1.29 is 24.9 Å². The van der Waals surface area contributed by atoms with Crippen molar-refractivity contribution in [1.29, 1.82) is 0 Å². The molecule has 0 radical (unpaired) electrons. The third-order valence-electron chi connectivity index (χ3n) is 5.11. The summed E-state index contributed by atoms with van der Waals surface area (Å²) in [6.45, 7) is 2.27. The predicted molar refractivity (Wildman–Crippen MR) is 106 cm³/mol. The zero-order chi connectivity index (χ0) is 20.1. The molecule has 5 heteroatoms. The number of hydrogen-bond donors (Lipinski definition) is 3. The second kappa shape index (κ2) is 12.5. The molecule has 1 aromatic carbocycles. The highest BCUT2D eigenvalue weighted by Gasteiger charge is 2.32. The van der Waals surface area contributed by atoms with E-state index in [1.54, 1.807) is 0 Å². The summed E-state index contributed by atoms with van der Waals surface area (Å²) in [4.78, 5) is 21.6. The quantitative estimate of drug-likeness (QED) is 0.374. The molecule has 27 heavy (non-hydrogen) atoms. The lowest BCUT2D eigenvalue weighted by atomic mass is 9.89. The van der Waals surface area contributed by atoms with Crippen molar-refractivity contribution in [2.75, 3.05) is 0 Å². The van der Waals surface area contributed by atoms with Gasteiger partial charge in [0.15, 0.2) is 0 Å². The summed E-state index contributed by atoms with van der Waals surface area (Å²) in [5.74, 6) is -1.74. The van der Waals surface area contributed by atoms with Gasteiger partial charge < -0.3 is 15.3 Å². The molecule has 1 unspecified atom stereocenters. The Bertz CT molecular complexity index is 539. The van der Waals surface area contributed by atoms with E-state index in [1.807, 2.05) is 6.07 Å². The van der Waals surface area contributed by atoms with Crippen LogP contribution in [0, 0.1) is 0 Å². The highest BCUT2D eigenvalue weighted by molar-refractivity contribution is 5.72. The fraction of sp³-hybridized carbons (Fsp3) is 0.636. The molecule has 0 saturated carbocycles. The van der Waals surface area contributed by atoms with Crippen LogP contribution in [0.25, 0.3) is 0 Å². The number of carboxylic acid groups (broad SMARTS) is 2. The first-order chi connectivity index (χ1) is 12.8. The Morgan fingerprint density at radius 2 is 1.33 bits per heavy atom. The molecule has 0 spiro atoms. The van der Waals surface area contributed by atoms with Gasteiger partial charge in [0, 0.05) is 0 Å². The fourth-order valence-corrected chi connectivity index (χ4v) is 3.54. The normalized spacial score (nSPS) is 12.7. The van der Waals surface area contributed by atoms with Crippen molar-refractivity contribution in [3.8, 4) is 0 Å². The lowest BCUT2D eigenvalue weighted by Crippen LogP contribution is -2.34. The average molecular weight is 379 g/mol. The van der Waals surface area contributed by atoms with Gasteiger partial charge in [0.2, 0.25) is 0 Å². The van der Waals surface area contributed by atoms with Crippen molar-refractivity contribution in [2.45, 2.75) is 89.1 Å². The summed E-state index contributed by atoms with van der Waals surface area (Å²) >= 11 is 0. The van der Waals surface area contributed by atoms with Gasteiger partial charge in [-0.15, -0.1) is 0 Å². The van der Waals surface area contributed by atoms with Gasteiger partial charge in [0.05, 0.1) is 18.4 Å². The van der Waals surface area contributed by atoms with Gasteiger partial charge in [-0.2, -0.15) is 0 Å². The Balaban J connectivity index is 2.09. The Morgan fingerprint density at radius 3 is 1.85 bits per heavy atom. The molecule has 0 fully saturated rings. The first kappa shape index (κ1) is 23.2. The summed E-state index contributed by atoms with van der Waals surface area (Å²) in [6.07, 6.45) is 7.69. The van der Waals surface area contributed by atoms with Gasteiger partial charge in [-0.25, -0.2) is 0 Å². The zero-order valence-corrected chi connectivity index (χ0v) is 16.4. The summed E-state index contributed by atoms with van der Waals surface area (Å²) in [5, 5.41) is 27.9. The topological polar surface area (TPSA) is 94.8 Å². The number of aliphatic hydroxyl groups is 1. The second-order valence-corrected chi connectivity index (χ2v) is 7.69. The standard InChI is InChI=1S/C22H34O5/c1-18(19-13-9-7-10-14-19)12-8-5-3-2-4-6-11-15-22(27,16-20(23)24)17-21(25)26/h7,9-10,13-14,18,27H,2-6,8,11-12,15-17H2,1H3,(H,23,24)(H,25,26). The lowest BCUT2D eigenvalue weighted by Gasteiger charge is -2.24. The third-order valence-corrected chi connectivity index (χ3v) is 5.11. The second-order valence-electron chi connectivity index (χ2n) is 7.69. The van der Waals surface area contributed by atoms with Crippen LogP contribution in [0.3, 0.4) is 0 Å². The Kier molecular flexibility index (Phi) is 10.7. The number of carbonyl (C=O) groups is 2. The van der Waals surface area contributed by atoms with Gasteiger partial charge in [-0.05, 0) is 24.3 Å². The van der Waals surface area contributed by atoms with Crippen LogP contribution in [-0.2, 0) is 9.59 Å². The summed E-state index contributed by atoms with van der Waals surface area (Å²) < 4.78 is 0. The minimum Gasteiger partial charge on any atom is -0.481 e. The van der Waals surface area contributed by atoms with Crippen molar-refractivity contribution in [2.24, 2.45) is 0 Å². The molecule has 1 rings (SSSR count). The first-order valence-corrected chi connectivity index (χ1v) is 10.0. The van der Waals surface area contributed by atoms with Crippen LogP contribution >= 0.6 is 0 Å². The van der Waals surface area contributed by atoms with Crippen LogP contribution in [0.15, 0.2) is 30.3 Å². The maximum atomic E-state index is 10.8. The van der Waals surface area contributed by atoms with E-state index in [9.17, 15) is 14.7 Å². The molecule has 0 amide bonds. The van der Waals surface area contributed by atoms with Crippen LogP contribution in [0.1, 0.15) is 89.0 Å². The van der Waals surface area contributed by atoms with E-state index in [2.05, 4.69) is 31.2 Å². The summed E-state index contributed by atoms with van der Waals surface area (Å²) in [7, 11) is 0. The van der Waals surface area contributed by atoms with Crippen LogP contribution in [-0.4, -0.2) is 32.9 Å². The number of rotatable bonds is 15. The fourth-order valence-electron chi connectivity index (χ4n) is 3.54. The number of unbranched alkanes of at least 4 members (excludes halogenated alkanes) is 6. The Morgan fingerprint density at radius 1 is 0.852 bits per heavy atom. The summed E-state index contributed by atoms with van der Waals surface area (Å²) in [5.41, 5.74) is -0.238. The van der Waals surface area contributed by atoms with Crippen LogP contribution < -0.4 is 0 Å². The highest BCUT2D eigenvalue weighted by atomic mass is 16.4. The average Bonchev–Trinajstić information content (AvgIpc) is 2.59. The maximum Gasteiger partial charge on any atom is 0.306 e. The van der Waals surface area contributed by atoms with Crippen molar-refractivity contribution in [3.63, 3.8) is 0 Å². The molecule has 0 aliphatic carbocycles. The SMILES string of the molecule is CC(CCCCCCCCCC(O)(CC(=O)O)CC(=O)O)c1ccccc1. The maximum absolute atomic E-state index is 10.8. The van der Waals surface area contributed by atoms with Crippen molar-refractivity contribution in [3.05, 3.63) is 35.9 Å². The molecule has 0 aliphatic heterocycles. The third kappa shape index (κ3) is 10.8. The minimum absolute atomic E-state index is 0.222. The summed E-state index contributed by atoms with van der Waals surface area (Å²) in [6, 6.07) is 10.6. The highest BCUT2D eigenvalue weighted by Crippen LogP contribution is 2.25. The number of benzene rings is 1. The molecular weight excluding hydrogens is 344 g/mol. The van der Waals surface area contributed by atoms with E-state index in [-0.39, 0.29) is 6.42 Å². The predicted octanol–water partition coefficient (Wildman–Crippen LogP) is 4.98. The molecule has 0 saturated heterocycles. The van der Waals surface area contributed by atoms with Gasteiger partial charge in [-0.1, -0.05) is 82.2 Å². The monoisotopic (exact) mass is 378 g/mol. The van der Waals surface area contributed by atoms with Crippen LogP contribution in [0.4, 0.5) is 0 Å². The van der Waals surface area contributed by atoms with E-state index in [4.69, 9.17) is 10.2 Å². The minimum atomic E-state index is -1.63. The number of aliphatic carboxylic acids is 2. The van der Waals surface area contributed by atoms with Crippen molar-refractivity contribution in [1.82, 2.24) is 0 Å². The Labute approximate surface area is 162 Å². The van der Waals surface area contributed by atoms with E-state index < -0.39 is 30.4 Å². The number of carboxylic acids is 2. The molecule has 0 aromatic heterocycles. The van der Waals surface area contributed by atoms with E-state index in [0.29, 0.717) is 12.3 Å². The molecular formula is C22H34O5. The lowest BCUT2D eigenvalue weighted by molar-refractivity contribution is -0.149. The molecule has 0 heterocycles. The van der Waals surface area contributed by atoms with Gasteiger partial charge in [0.1, 0.15) is 0 Å². The largest absolute Gasteiger partial charge is 0.481 e. The van der Waals surface area contributed by atoms with E-state index in [0.717, 1.165) is 19.3 Å². The number of hydrogen-bond acceptors (Lipinski definition) is 3. The molecule has 5 nitrogen and oxygen atoms in total. The van der Waals surface area contributed by atoms with E-state index in [1.165, 1.54) is 31.2 Å². The molecule has 1 aromatic rings. The van der Waals surface area contributed by atoms with Crippen LogP contribution in [0.2, 0.25) is 0 Å². The van der Waals surface area contributed by atoms with Gasteiger partial charge in [0.25, 0.3) is 0 Å². The van der Waals surface area contributed by atoms with Gasteiger partial charge >= 0.3 is 11.9 Å². The molecule has 0 aliphatic rings.